The van der Waals surface area contributed by atoms with Crippen molar-refractivity contribution in [3.05, 3.63) is 63.9 Å². The summed E-state index contributed by atoms with van der Waals surface area (Å²) >= 11 is 0. The first-order valence-corrected chi connectivity index (χ1v) is 8.18. The van der Waals surface area contributed by atoms with Crippen LogP contribution in [0, 0.1) is 10.1 Å². The van der Waals surface area contributed by atoms with Gasteiger partial charge in [-0.3, -0.25) is 10.1 Å². The average molecular weight is 371 g/mol. The topological polar surface area (TPSA) is 101 Å². The Labute approximate surface area is 154 Å². The van der Waals surface area contributed by atoms with Gasteiger partial charge in [0, 0.05) is 5.39 Å². The minimum absolute atomic E-state index is 0.0380. The van der Waals surface area contributed by atoms with Crippen LogP contribution in [0.5, 0.6) is 11.5 Å². The van der Waals surface area contributed by atoms with Crippen LogP contribution in [0.1, 0.15) is 23.0 Å². The molecule has 0 spiro atoms. The fraction of sp³-hybridized carbons (Fsp3) is 0.211. The summed E-state index contributed by atoms with van der Waals surface area (Å²) in [5.41, 5.74) is 0.509. The monoisotopic (exact) mass is 371 g/mol. The number of ether oxygens (including phenoxy) is 3. The Kier molecular flexibility index (Phi) is 5.25. The highest BCUT2D eigenvalue weighted by Gasteiger charge is 2.24. The summed E-state index contributed by atoms with van der Waals surface area (Å²) in [6.07, 6.45) is 0. The van der Waals surface area contributed by atoms with Gasteiger partial charge in [0.15, 0.2) is 11.5 Å². The third kappa shape index (κ3) is 3.69. The normalized spacial score (nSPS) is 10.6. The second-order valence-electron chi connectivity index (χ2n) is 5.50. The molecule has 3 aromatic rings. The van der Waals surface area contributed by atoms with E-state index in [1.54, 1.807) is 37.3 Å². The van der Waals surface area contributed by atoms with Gasteiger partial charge in [0.05, 0.1) is 24.7 Å². The molecule has 140 valence electrons. The molecule has 8 heteroatoms. The number of nitro groups is 1. The summed E-state index contributed by atoms with van der Waals surface area (Å²) in [5.74, 6) is 0.0751. The van der Waals surface area contributed by atoms with Gasteiger partial charge in [-0.2, -0.15) is 0 Å². The highest BCUT2D eigenvalue weighted by molar-refractivity contribution is 6.04. The fourth-order valence-electron chi connectivity index (χ4n) is 2.66. The summed E-state index contributed by atoms with van der Waals surface area (Å²) in [6.45, 7) is 1.75. The molecule has 2 aromatic carbocycles. The van der Waals surface area contributed by atoms with Crippen molar-refractivity contribution in [2.24, 2.45) is 0 Å². The maximum absolute atomic E-state index is 12.3. The number of benzene rings is 2. The molecule has 0 aliphatic rings. The van der Waals surface area contributed by atoms with E-state index in [0.717, 1.165) is 0 Å². The number of nitro benzene ring substituents is 1. The summed E-state index contributed by atoms with van der Waals surface area (Å²) < 4.78 is 21.4. The van der Waals surface area contributed by atoms with Crippen molar-refractivity contribution >= 4 is 22.6 Å². The quantitative estimate of drug-likeness (QED) is 0.350. The predicted octanol–water partition coefficient (Wildman–Crippen LogP) is 4.11. The number of para-hydroxylation sites is 1. The van der Waals surface area contributed by atoms with Crippen molar-refractivity contribution in [2.75, 3.05) is 13.7 Å². The molecule has 0 aliphatic heterocycles. The van der Waals surface area contributed by atoms with Crippen LogP contribution >= 0.6 is 0 Å². The minimum atomic E-state index is -0.567. The van der Waals surface area contributed by atoms with Crippen LogP contribution in [0.2, 0.25) is 0 Å². The molecule has 0 amide bonds. The van der Waals surface area contributed by atoms with Gasteiger partial charge in [-0.15, -0.1) is 0 Å². The lowest BCUT2D eigenvalue weighted by molar-refractivity contribution is -0.386. The molecular formula is C19H17NO7. The molecule has 3 rings (SSSR count). The molecule has 8 nitrogen and oxygen atoms in total. The van der Waals surface area contributed by atoms with Crippen LogP contribution in [0.15, 0.2) is 46.9 Å². The molecule has 0 unspecified atom stereocenters. The zero-order valence-electron chi connectivity index (χ0n) is 14.8. The van der Waals surface area contributed by atoms with E-state index in [2.05, 4.69) is 0 Å². The van der Waals surface area contributed by atoms with Crippen molar-refractivity contribution in [1.82, 2.24) is 0 Å². The Morgan fingerprint density at radius 2 is 2.00 bits per heavy atom. The zero-order chi connectivity index (χ0) is 19.4. The van der Waals surface area contributed by atoms with E-state index in [0.29, 0.717) is 16.7 Å². The lowest BCUT2D eigenvalue weighted by Crippen LogP contribution is -2.08. The number of furan rings is 1. The number of nitrogens with zero attached hydrogens (tertiary/aromatic N) is 1. The smallest absolute Gasteiger partial charge is 0.342 e. The van der Waals surface area contributed by atoms with E-state index in [1.165, 1.54) is 19.2 Å². The first-order valence-electron chi connectivity index (χ1n) is 8.18. The Morgan fingerprint density at radius 1 is 1.22 bits per heavy atom. The van der Waals surface area contributed by atoms with Crippen LogP contribution in [0.3, 0.4) is 0 Å². The largest absolute Gasteiger partial charge is 0.496 e. The third-order valence-electron chi connectivity index (χ3n) is 3.87. The zero-order valence-corrected chi connectivity index (χ0v) is 14.8. The number of hydrogen-bond donors (Lipinski definition) is 0. The van der Waals surface area contributed by atoms with Gasteiger partial charge in [-0.1, -0.05) is 18.2 Å². The van der Waals surface area contributed by atoms with E-state index in [1.807, 2.05) is 0 Å². The van der Waals surface area contributed by atoms with E-state index < -0.39 is 10.9 Å². The van der Waals surface area contributed by atoms with Gasteiger partial charge in [-0.25, -0.2) is 4.79 Å². The average Bonchev–Trinajstić information content (AvgIpc) is 3.04. The number of esters is 1. The van der Waals surface area contributed by atoms with Gasteiger partial charge in [-0.05, 0) is 25.1 Å². The lowest BCUT2D eigenvalue weighted by Gasteiger charge is -2.08. The molecule has 0 N–H and O–H groups in total. The molecule has 1 aromatic heterocycles. The second kappa shape index (κ2) is 7.77. The first kappa shape index (κ1) is 18.2. The molecule has 0 aliphatic carbocycles. The molecule has 0 radical (unpaired) electrons. The third-order valence-corrected chi connectivity index (χ3v) is 3.87. The number of carbonyl (C=O) groups is 1. The van der Waals surface area contributed by atoms with Crippen molar-refractivity contribution in [2.45, 2.75) is 13.5 Å². The van der Waals surface area contributed by atoms with E-state index in [9.17, 15) is 14.9 Å². The van der Waals surface area contributed by atoms with Crippen LogP contribution in [-0.4, -0.2) is 24.6 Å². The maximum atomic E-state index is 12.3. The highest BCUT2D eigenvalue weighted by Crippen LogP contribution is 2.33. The van der Waals surface area contributed by atoms with E-state index >= 15 is 0 Å². The molecule has 27 heavy (non-hydrogen) atoms. The van der Waals surface area contributed by atoms with Gasteiger partial charge >= 0.3 is 11.7 Å². The van der Waals surface area contributed by atoms with Gasteiger partial charge < -0.3 is 18.6 Å². The number of fused-ring (bicyclic) bond motifs is 1. The van der Waals surface area contributed by atoms with Gasteiger partial charge in [0.1, 0.15) is 23.5 Å². The Morgan fingerprint density at radius 3 is 2.70 bits per heavy atom. The van der Waals surface area contributed by atoms with Crippen LogP contribution in [0.25, 0.3) is 11.0 Å². The highest BCUT2D eigenvalue weighted by atomic mass is 16.6. The first-order chi connectivity index (χ1) is 13.0. The van der Waals surface area contributed by atoms with Crippen LogP contribution in [0.4, 0.5) is 5.69 Å². The summed E-state index contributed by atoms with van der Waals surface area (Å²) in [4.78, 5) is 23.1. The van der Waals surface area contributed by atoms with Crippen molar-refractivity contribution in [3.8, 4) is 11.5 Å². The van der Waals surface area contributed by atoms with E-state index in [4.69, 9.17) is 18.6 Å². The van der Waals surface area contributed by atoms with Crippen molar-refractivity contribution in [3.63, 3.8) is 0 Å². The Balaban J connectivity index is 1.95. The molecule has 0 fully saturated rings. The summed E-state index contributed by atoms with van der Waals surface area (Å²) in [5, 5.41) is 11.9. The molecule has 0 bridgehead atoms. The number of methoxy groups -OCH3 is 1. The molecule has 0 atom stereocenters. The van der Waals surface area contributed by atoms with Crippen LogP contribution < -0.4 is 9.47 Å². The fourth-order valence-corrected chi connectivity index (χ4v) is 2.66. The number of carbonyl (C=O) groups excluding carboxylic acids is 1. The van der Waals surface area contributed by atoms with Crippen LogP contribution in [-0.2, 0) is 11.3 Å². The molecule has 0 saturated carbocycles. The van der Waals surface area contributed by atoms with Gasteiger partial charge in [0.2, 0.25) is 0 Å². The standard InChI is InChI=1S/C19H17NO7/c1-3-25-19(21)18-13-6-4-5-7-15(13)27-17(18)11-26-16-9-8-12(24-2)10-14(16)20(22)23/h4-10H,3,11H2,1-2H3. The summed E-state index contributed by atoms with van der Waals surface area (Å²) in [6, 6.07) is 11.3. The summed E-state index contributed by atoms with van der Waals surface area (Å²) in [7, 11) is 1.42. The maximum Gasteiger partial charge on any atom is 0.342 e. The van der Waals surface area contributed by atoms with Crippen molar-refractivity contribution < 1.29 is 28.3 Å². The second-order valence-corrected chi connectivity index (χ2v) is 5.50. The Hall–Kier alpha value is -3.55. The Bertz CT molecular complexity index is 993. The SMILES string of the molecule is CCOC(=O)c1c(COc2ccc(OC)cc2[N+](=O)[O-])oc2ccccc12. The molecular weight excluding hydrogens is 354 g/mol. The van der Waals surface area contributed by atoms with Crippen molar-refractivity contribution in [1.29, 1.82) is 0 Å². The molecule has 0 saturated heterocycles. The minimum Gasteiger partial charge on any atom is -0.496 e. The molecule has 1 heterocycles. The van der Waals surface area contributed by atoms with E-state index in [-0.39, 0.29) is 36.0 Å². The lowest BCUT2D eigenvalue weighted by atomic mass is 10.1. The van der Waals surface area contributed by atoms with Gasteiger partial charge in [0.25, 0.3) is 0 Å². The number of hydrogen-bond acceptors (Lipinski definition) is 7. The number of rotatable bonds is 7. The predicted molar refractivity (Wildman–Crippen MR) is 96.2 cm³/mol.